The fourth-order valence-corrected chi connectivity index (χ4v) is 2.61. The summed E-state index contributed by atoms with van der Waals surface area (Å²) in [5.74, 6) is -0.198. The standard InChI is InChI=1S/C13H14N2O3S/c1-3-15-12(17)9-6-4-5-7-10(9)14-13(15)19-8-11(16)18-2/h4-7H,3,8H2,1-2H3. The fourth-order valence-electron chi connectivity index (χ4n) is 1.72. The van der Waals surface area contributed by atoms with Crippen LogP contribution < -0.4 is 5.56 Å². The quantitative estimate of drug-likeness (QED) is 0.484. The van der Waals surface area contributed by atoms with E-state index < -0.39 is 0 Å². The monoisotopic (exact) mass is 278 g/mol. The number of nitrogens with zero attached hydrogens (tertiary/aromatic N) is 2. The number of esters is 1. The molecule has 2 aromatic rings. The molecule has 6 heteroatoms. The summed E-state index contributed by atoms with van der Waals surface area (Å²) < 4.78 is 6.15. The summed E-state index contributed by atoms with van der Waals surface area (Å²) in [6.45, 7) is 2.39. The van der Waals surface area contributed by atoms with Crippen molar-refractivity contribution in [1.29, 1.82) is 0 Å². The van der Waals surface area contributed by atoms with Gasteiger partial charge in [-0.15, -0.1) is 0 Å². The summed E-state index contributed by atoms with van der Waals surface area (Å²) >= 11 is 1.21. The van der Waals surface area contributed by atoms with Gasteiger partial charge in [-0.2, -0.15) is 0 Å². The molecule has 0 atom stereocenters. The first-order valence-electron chi connectivity index (χ1n) is 5.86. The first-order valence-corrected chi connectivity index (χ1v) is 6.85. The molecule has 0 radical (unpaired) electrons. The minimum Gasteiger partial charge on any atom is -0.468 e. The van der Waals surface area contributed by atoms with Gasteiger partial charge in [-0.3, -0.25) is 14.2 Å². The number of aromatic nitrogens is 2. The third-order valence-electron chi connectivity index (χ3n) is 2.69. The van der Waals surface area contributed by atoms with Crippen LogP contribution in [-0.4, -0.2) is 28.4 Å². The van der Waals surface area contributed by atoms with Crippen molar-refractivity contribution in [1.82, 2.24) is 9.55 Å². The van der Waals surface area contributed by atoms with Crippen molar-refractivity contribution in [3.63, 3.8) is 0 Å². The van der Waals surface area contributed by atoms with Crippen molar-refractivity contribution in [3.8, 4) is 0 Å². The van der Waals surface area contributed by atoms with E-state index in [2.05, 4.69) is 9.72 Å². The Morgan fingerprint density at radius 2 is 2.16 bits per heavy atom. The summed E-state index contributed by atoms with van der Waals surface area (Å²) in [5, 5.41) is 1.13. The number of hydrogen-bond acceptors (Lipinski definition) is 5. The lowest BCUT2D eigenvalue weighted by atomic mass is 10.2. The molecular weight excluding hydrogens is 264 g/mol. The van der Waals surface area contributed by atoms with Crippen LogP contribution in [0, 0.1) is 0 Å². The zero-order chi connectivity index (χ0) is 13.8. The Hall–Kier alpha value is -1.82. The summed E-state index contributed by atoms with van der Waals surface area (Å²) in [6, 6.07) is 7.19. The second-order valence-corrected chi connectivity index (χ2v) is 4.77. The van der Waals surface area contributed by atoms with Crippen LogP contribution in [0.5, 0.6) is 0 Å². The van der Waals surface area contributed by atoms with Crippen molar-refractivity contribution in [2.75, 3.05) is 12.9 Å². The molecule has 0 N–H and O–H groups in total. The molecule has 0 unspecified atom stereocenters. The van der Waals surface area contributed by atoms with Crippen LogP contribution in [0.15, 0.2) is 34.2 Å². The summed E-state index contributed by atoms with van der Waals surface area (Å²) in [6.07, 6.45) is 0. The zero-order valence-electron chi connectivity index (χ0n) is 10.8. The second kappa shape index (κ2) is 5.88. The van der Waals surface area contributed by atoms with Crippen molar-refractivity contribution < 1.29 is 9.53 Å². The predicted octanol–water partition coefficient (Wildman–Crippen LogP) is 1.68. The summed E-state index contributed by atoms with van der Waals surface area (Å²) in [5.41, 5.74) is 0.560. The molecule has 0 bridgehead atoms. The van der Waals surface area contributed by atoms with E-state index in [1.54, 1.807) is 16.7 Å². The van der Waals surface area contributed by atoms with Crippen molar-refractivity contribution in [2.45, 2.75) is 18.6 Å². The molecule has 0 spiro atoms. The molecule has 1 aromatic heterocycles. The highest BCUT2D eigenvalue weighted by molar-refractivity contribution is 7.99. The van der Waals surface area contributed by atoms with Gasteiger partial charge in [-0.25, -0.2) is 4.98 Å². The lowest BCUT2D eigenvalue weighted by Gasteiger charge is -2.10. The van der Waals surface area contributed by atoms with Crippen LogP contribution in [-0.2, 0) is 16.1 Å². The van der Waals surface area contributed by atoms with Crippen molar-refractivity contribution >= 4 is 28.6 Å². The normalized spacial score (nSPS) is 10.6. The highest BCUT2D eigenvalue weighted by Gasteiger charge is 2.11. The van der Waals surface area contributed by atoms with Gasteiger partial charge >= 0.3 is 5.97 Å². The molecule has 1 aromatic carbocycles. The number of para-hydroxylation sites is 1. The third kappa shape index (κ3) is 2.78. The van der Waals surface area contributed by atoms with Gasteiger partial charge in [0.15, 0.2) is 5.16 Å². The van der Waals surface area contributed by atoms with Crippen LogP contribution in [0.4, 0.5) is 0 Å². The molecule has 100 valence electrons. The Morgan fingerprint density at radius 1 is 1.42 bits per heavy atom. The molecule has 0 saturated carbocycles. The van der Waals surface area contributed by atoms with Crippen LogP contribution >= 0.6 is 11.8 Å². The van der Waals surface area contributed by atoms with E-state index >= 15 is 0 Å². The van der Waals surface area contributed by atoms with Crippen LogP contribution in [0.25, 0.3) is 10.9 Å². The van der Waals surface area contributed by atoms with Crippen molar-refractivity contribution in [3.05, 3.63) is 34.6 Å². The van der Waals surface area contributed by atoms with E-state index in [9.17, 15) is 9.59 Å². The number of thioether (sulfide) groups is 1. The maximum absolute atomic E-state index is 12.3. The molecule has 19 heavy (non-hydrogen) atoms. The molecule has 0 fully saturated rings. The van der Waals surface area contributed by atoms with Gasteiger partial charge in [0.25, 0.3) is 5.56 Å². The molecule has 5 nitrogen and oxygen atoms in total. The Bertz CT molecular complexity index is 666. The number of ether oxygens (including phenoxy) is 1. The molecule has 2 rings (SSSR count). The Labute approximate surface area is 114 Å². The number of benzene rings is 1. The average molecular weight is 278 g/mol. The van der Waals surface area contributed by atoms with Gasteiger partial charge in [0.2, 0.25) is 0 Å². The van der Waals surface area contributed by atoms with Crippen LogP contribution in [0.3, 0.4) is 0 Å². The zero-order valence-corrected chi connectivity index (χ0v) is 11.6. The molecule has 0 saturated heterocycles. The topological polar surface area (TPSA) is 61.2 Å². The lowest BCUT2D eigenvalue weighted by molar-refractivity contribution is -0.137. The number of hydrogen-bond donors (Lipinski definition) is 0. The largest absolute Gasteiger partial charge is 0.468 e. The van der Waals surface area contributed by atoms with Crippen LogP contribution in [0.1, 0.15) is 6.92 Å². The maximum atomic E-state index is 12.3. The number of fused-ring (bicyclic) bond motifs is 1. The first kappa shape index (κ1) is 13.6. The van der Waals surface area contributed by atoms with Gasteiger partial charge in [-0.1, -0.05) is 23.9 Å². The Balaban J connectivity index is 2.48. The first-order chi connectivity index (χ1) is 9.17. The predicted molar refractivity (Wildman–Crippen MR) is 74.4 cm³/mol. The number of rotatable bonds is 4. The van der Waals surface area contributed by atoms with E-state index in [4.69, 9.17) is 0 Å². The Kier molecular flexibility index (Phi) is 4.21. The third-order valence-corrected chi connectivity index (χ3v) is 3.64. The van der Waals surface area contributed by atoms with Gasteiger partial charge in [0.1, 0.15) is 0 Å². The van der Waals surface area contributed by atoms with Gasteiger partial charge in [0, 0.05) is 6.54 Å². The van der Waals surface area contributed by atoms with Gasteiger partial charge in [-0.05, 0) is 19.1 Å². The molecule has 0 aliphatic rings. The van der Waals surface area contributed by atoms with Gasteiger partial charge in [0.05, 0.1) is 23.8 Å². The highest BCUT2D eigenvalue weighted by atomic mass is 32.2. The minimum absolute atomic E-state index is 0.0829. The smallest absolute Gasteiger partial charge is 0.316 e. The van der Waals surface area contributed by atoms with E-state index in [0.717, 1.165) is 0 Å². The van der Waals surface area contributed by atoms with E-state index in [-0.39, 0.29) is 17.3 Å². The molecule has 0 aliphatic carbocycles. The molecule has 0 aliphatic heterocycles. The maximum Gasteiger partial charge on any atom is 0.316 e. The Morgan fingerprint density at radius 3 is 2.84 bits per heavy atom. The second-order valence-electron chi connectivity index (χ2n) is 3.83. The lowest BCUT2D eigenvalue weighted by Crippen LogP contribution is -2.22. The van der Waals surface area contributed by atoms with Crippen molar-refractivity contribution in [2.24, 2.45) is 0 Å². The minimum atomic E-state index is -0.338. The van der Waals surface area contributed by atoms with Gasteiger partial charge < -0.3 is 4.74 Å². The number of methoxy groups -OCH3 is 1. The molecule has 1 heterocycles. The SMILES string of the molecule is CCn1c(SCC(=O)OC)nc2ccccc2c1=O. The fraction of sp³-hybridized carbons (Fsp3) is 0.308. The van der Waals surface area contributed by atoms with Crippen LogP contribution in [0.2, 0.25) is 0 Å². The van der Waals surface area contributed by atoms with E-state index in [1.165, 1.54) is 18.9 Å². The number of carbonyl (C=O) groups excluding carboxylic acids is 1. The average Bonchev–Trinajstić information content (AvgIpc) is 2.45. The molecular formula is C13H14N2O3S. The number of carbonyl (C=O) groups is 1. The highest BCUT2D eigenvalue weighted by Crippen LogP contribution is 2.17. The molecule has 0 amide bonds. The van der Waals surface area contributed by atoms with E-state index in [0.29, 0.717) is 22.6 Å². The van der Waals surface area contributed by atoms with E-state index in [1.807, 2.05) is 19.1 Å². The summed E-state index contributed by atoms with van der Waals surface area (Å²) in [4.78, 5) is 27.9. The summed E-state index contributed by atoms with van der Waals surface area (Å²) in [7, 11) is 1.34.